The van der Waals surface area contributed by atoms with Crippen LogP contribution in [0.1, 0.15) is 21.1 Å². The van der Waals surface area contributed by atoms with Crippen LogP contribution in [0.5, 0.6) is 0 Å². The zero-order chi connectivity index (χ0) is 13.1. The van der Waals surface area contributed by atoms with Crippen LogP contribution in [-0.2, 0) is 6.54 Å². The number of benzene rings is 1. The molecule has 0 saturated heterocycles. The van der Waals surface area contributed by atoms with Crippen molar-refractivity contribution in [2.45, 2.75) is 13.5 Å². The van der Waals surface area contributed by atoms with E-state index in [0.717, 1.165) is 16.8 Å². The number of nitrogens with one attached hydrogen (secondary N) is 1. The highest BCUT2D eigenvalue weighted by molar-refractivity contribution is 7.09. The lowest BCUT2D eigenvalue weighted by molar-refractivity contribution is 0.0950. The van der Waals surface area contributed by atoms with Gasteiger partial charge in [-0.05, 0) is 25.1 Å². The van der Waals surface area contributed by atoms with Crippen LogP contribution in [0.25, 0.3) is 0 Å². The fourth-order valence-corrected chi connectivity index (χ4v) is 2.20. The zero-order valence-electron chi connectivity index (χ0n) is 9.74. The van der Waals surface area contributed by atoms with Gasteiger partial charge in [0.1, 0.15) is 10.8 Å². The number of aromatic nitrogens is 1. The van der Waals surface area contributed by atoms with Crippen molar-refractivity contribution in [2.24, 2.45) is 0 Å². The SMILES string of the molecule is Cc1csc(CNC(=O)c2cc(N)cc(F)c2)n1. The number of thiazole rings is 1. The van der Waals surface area contributed by atoms with E-state index in [-0.39, 0.29) is 17.2 Å². The summed E-state index contributed by atoms with van der Waals surface area (Å²) >= 11 is 1.47. The molecule has 4 nitrogen and oxygen atoms in total. The number of aryl methyl sites for hydroxylation is 1. The fraction of sp³-hybridized carbons (Fsp3) is 0.167. The lowest BCUT2D eigenvalue weighted by Gasteiger charge is -2.04. The number of carbonyl (C=O) groups is 1. The Balaban J connectivity index is 2.03. The second kappa shape index (κ2) is 5.14. The Kier molecular flexibility index (Phi) is 3.57. The number of anilines is 1. The molecule has 0 aliphatic heterocycles. The normalized spacial score (nSPS) is 10.3. The molecule has 0 bridgehead atoms. The number of rotatable bonds is 3. The summed E-state index contributed by atoms with van der Waals surface area (Å²) in [4.78, 5) is 16.0. The van der Waals surface area contributed by atoms with Crippen molar-refractivity contribution in [1.82, 2.24) is 10.3 Å². The predicted molar refractivity (Wildman–Crippen MR) is 68.8 cm³/mol. The van der Waals surface area contributed by atoms with Crippen LogP contribution in [0, 0.1) is 12.7 Å². The molecule has 94 valence electrons. The average Bonchev–Trinajstić information content (AvgIpc) is 2.70. The highest BCUT2D eigenvalue weighted by Gasteiger charge is 2.08. The van der Waals surface area contributed by atoms with E-state index in [1.165, 1.54) is 23.5 Å². The molecule has 0 aliphatic rings. The number of nitrogens with zero attached hydrogens (tertiary/aromatic N) is 1. The Morgan fingerprint density at radius 1 is 1.50 bits per heavy atom. The van der Waals surface area contributed by atoms with Crippen LogP contribution in [-0.4, -0.2) is 10.9 Å². The van der Waals surface area contributed by atoms with Gasteiger partial charge >= 0.3 is 0 Å². The van der Waals surface area contributed by atoms with E-state index in [1.54, 1.807) is 0 Å². The molecule has 18 heavy (non-hydrogen) atoms. The van der Waals surface area contributed by atoms with Gasteiger partial charge in [-0.2, -0.15) is 0 Å². The molecule has 0 spiro atoms. The van der Waals surface area contributed by atoms with Crippen LogP contribution in [0.15, 0.2) is 23.6 Å². The molecule has 0 fully saturated rings. The molecule has 2 rings (SSSR count). The summed E-state index contributed by atoms with van der Waals surface area (Å²) < 4.78 is 13.1. The first kappa shape index (κ1) is 12.5. The molecular weight excluding hydrogens is 253 g/mol. The van der Waals surface area contributed by atoms with E-state index in [1.807, 2.05) is 12.3 Å². The second-order valence-corrected chi connectivity index (χ2v) is 4.78. The van der Waals surface area contributed by atoms with Crippen molar-refractivity contribution < 1.29 is 9.18 Å². The van der Waals surface area contributed by atoms with E-state index >= 15 is 0 Å². The topological polar surface area (TPSA) is 68.0 Å². The molecule has 6 heteroatoms. The van der Waals surface area contributed by atoms with Gasteiger partial charge in [-0.15, -0.1) is 11.3 Å². The van der Waals surface area contributed by atoms with Crippen molar-refractivity contribution >= 4 is 22.9 Å². The number of nitrogens with two attached hydrogens (primary N) is 1. The molecular formula is C12H12FN3OS. The maximum absolute atomic E-state index is 13.1. The van der Waals surface area contributed by atoms with Crippen LogP contribution >= 0.6 is 11.3 Å². The predicted octanol–water partition coefficient (Wildman–Crippen LogP) is 2.10. The zero-order valence-corrected chi connectivity index (χ0v) is 10.6. The first-order valence-electron chi connectivity index (χ1n) is 5.30. The smallest absolute Gasteiger partial charge is 0.251 e. The van der Waals surface area contributed by atoms with Crippen LogP contribution in [0.2, 0.25) is 0 Å². The van der Waals surface area contributed by atoms with Gasteiger partial charge in [-0.25, -0.2) is 9.37 Å². The van der Waals surface area contributed by atoms with Crippen molar-refractivity contribution in [3.8, 4) is 0 Å². The summed E-state index contributed by atoms with van der Waals surface area (Å²) in [5.74, 6) is -0.890. The highest BCUT2D eigenvalue weighted by atomic mass is 32.1. The van der Waals surface area contributed by atoms with Crippen LogP contribution in [0.3, 0.4) is 0 Å². The summed E-state index contributed by atoms with van der Waals surface area (Å²) in [6, 6.07) is 3.76. The molecule has 3 N–H and O–H groups in total. The number of halogens is 1. The molecule has 1 aromatic carbocycles. The monoisotopic (exact) mass is 265 g/mol. The Labute approximate surface area is 108 Å². The molecule has 1 amide bonds. The lowest BCUT2D eigenvalue weighted by Crippen LogP contribution is -2.23. The third-order valence-electron chi connectivity index (χ3n) is 2.25. The third kappa shape index (κ3) is 3.04. The number of nitrogen functional groups attached to an aromatic ring is 1. The van der Waals surface area contributed by atoms with Crippen molar-refractivity contribution in [2.75, 3.05) is 5.73 Å². The van der Waals surface area contributed by atoms with Crippen molar-refractivity contribution in [3.63, 3.8) is 0 Å². The van der Waals surface area contributed by atoms with E-state index in [9.17, 15) is 9.18 Å². The molecule has 1 heterocycles. The van der Waals surface area contributed by atoms with E-state index in [0.29, 0.717) is 6.54 Å². The number of amides is 1. The Morgan fingerprint density at radius 3 is 2.89 bits per heavy atom. The van der Waals surface area contributed by atoms with Gasteiger partial charge in [0.25, 0.3) is 5.91 Å². The second-order valence-electron chi connectivity index (χ2n) is 3.84. The average molecular weight is 265 g/mol. The Hall–Kier alpha value is -1.95. The fourth-order valence-electron chi connectivity index (χ4n) is 1.49. The van der Waals surface area contributed by atoms with Gasteiger partial charge in [-0.1, -0.05) is 0 Å². The quantitative estimate of drug-likeness (QED) is 0.835. The largest absolute Gasteiger partial charge is 0.399 e. The summed E-state index contributed by atoms with van der Waals surface area (Å²) in [5, 5.41) is 5.38. The summed E-state index contributed by atoms with van der Waals surface area (Å²) in [6.45, 7) is 2.21. The molecule has 0 unspecified atom stereocenters. The molecule has 1 aromatic heterocycles. The molecule has 0 aliphatic carbocycles. The van der Waals surface area contributed by atoms with Crippen LogP contribution in [0.4, 0.5) is 10.1 Å². The van der Waals surface area contributed by atoms with Gasteiger partial charge in [-0.3, -0.25) is 4.79 Å². The minimum absolute atomic E-state index is 0.209. The van der Waals surface area contributed by atoms with Gasteiger partial charge in [0.15, 0.2) is 0 Å². The maximum atomic E-state index is 13.1. The van der Waals surface area contributed by atoms with E-state index in [4.69, 9.17) is 5.73 Å². The summed E-state index contributed by atoms with van der Waals surface area (Å²) in [6.07, 6.45) is 0. The standard InChI is InChI=1S/C12H12FN3OS/c1-7-6-18-11(16-7)5-15-12(17)8-2-9(13)4-10(14)3-8/h2-4,6H,5,14H2,1H3,(H,15,17). The highest BCUT2D eigenvalue weighted by Crippen LogP contribution is 2.12. The van der Waals surface area contributed by atoms with Crippen molar-refractivity contribution in [1.29, 1.82) is 0 Å². The Morgan fingerprint density at radius 2 is 2.28 bits per heavy atom. The van der Waals surface area contributed by atoms with Gasteiger partial charge in [0.05, 0.1) is 6.54 Å². The third-order valence-corrected chi connectivity index (χ3v) is 3.22. The summed E-state index contributed by atoms with van der Waals surface area (Å²) in [7, 11) is 0. The van der Waals surface area contributed by atoms with Gasteiger partial charge in [0, 0.05) is 22.3 Å². The molecule has 2 aromatic rings. The van der Waals surface area contributed by atoms with E-state index in [2.05, 4.69) is 10.3 Å². The number of carbonyl (C=O) groups excluding carboxylic acids is 1. The van der Waals surface area contributed by atoms with Gasteiger partial charge in [0.2, 0.25) is 0 Å². The van der Waals surface area contributed by atoms with E-state index < -0.39 is 5.82 Å². The number of hydrogen-bond donors (Lipinski definition) is 2. The first-order valence-corrected chi connectivity index (χ1v) is 6.18. The molecule has 0 atom stereocenters. The van der Waals surface area contributed by atoms with Crippen LogP contribution < -0.4 is 11.1 Å². The Bertz CT molecular complexity index is 562. The molecule has 0 radical (unpaired) electrons. The minimum Gasteiger partial charge on any atom is -0.399 e. The molecule has 0 saturated carbocycles. The minimum atomic E-state index is -0.523. The maximum Gasteiger partial charge on any atom is 0.251 e. The first-order chi connectivity index (χ1) is 8.54. The summed E-state index contributed by atoms with van der Waals surface area (Å²) in [5.41, 5.74) is 6.83. The lowest BCUT2D eigenvalue weighted by atomic mass is 10.2. The number of hydrogen-bond acceptors (Lipinski definition) is 4. The van der Waals surface area contributed by atoms with Crippen molar-refractivity contribution in [3.05, 3.63) is 45.7 Å². The van der Waals surface area contributed by atoms with Gasteiger partial charge < -0.3 is 11.1 Å².